The van der Waals surface area contributed by atoms with Gasteiger partial charge in [0.1, 0.15) is 10.8 Å². The molecule has 9 heteroatoms. The second kappa shape index (κ2) is 7.72. The van der Waals surface area contributed by atoms with Gasteiger partial charge in [0.05, 0.1) is 11.6 Å². The maximum absolute atomic E-state index is 6.12. The van der Waals surface area contributed by atoms with Crippen LogP contribution in [0.5, 0.6) is 5.75 Å². The average molecular weight is 420 g/mol. The van der Waals surface area contributed by atoms with E-state index in [-0.39, 0.29) is 0 Å². The normalized spacial score (nSPS) is 11.1. The number of nitrogens with zero attached hydrogens (tertiary/aromatic N) is 4. The van der Waals surface area contributed by atoms with Crippen molar-refractivity contribution in [2.45, 2.75) is 6.42 Å². The van der Waals surface area contributed by atoms with Crippen molar-refractivity contribution < 1.29 is 4.74 Å². The third-order valence-corrected chi connectivity index (χ3v) is 5.43. The van der Waals surface area contributed by atoms with Gasteiger partial charge >= 0.3 is 0 Å². The van der Waals surface area contributed by atoms with Crippen LogP contribution in [0.25, 0.3) is 16.3 Å². The summed E-state index contributed by atoms with van der Waals surface area (Å²) in [5.41, 5.74) is 1.93. The van der Waals surface area contributed by atoms with Gasteiger partial charge in [-0.3, -0.25) is 0 Å². The minimum atomic E-state index is 0.452. The smallest absolute Gasteiger partial charge is 0.234 e. The lowest BCUT2D eigenvalue weighted by molar-refractivity contribution is 0.321. The monoisotopic (exact) mass is 419 g/mol. The van der Waals surface area contributed by atoms with E-state index in [0.29, 0.717) is 34.6 Å². The van der Waals surface area contributed by atoms with E-state index in [1.54, 1.807) is 22.7 Å². The van der Waals surface area contributed by atoms with Crippen LogP contribution in [-0.4, -0.2) is 33.5 Å². The molecule has 0 aliphatic heterocycles. The number of hydrogen-bond donors (Lipinski definition) is 1. The minimum absolute atomic E-state index is 0.452. The van der Waals surface area contributed by atoms with E-state index in [1.807, 2.05) is 31.3 Å². The van der Waals surface area contributed by atoms with Crippen molar-refractivity contribution in [3.63, 3.8) is 0 Å². The van der Waals surface area contributed by atoms with Crippen LogP contribution in [0.15, 0.2) is 42.5 Å². The van der Waals surface area contributed by atoms with Gasteiger partial charge in [0, 0.05) is 29.7 Å². The lowest BCUT2D eigenvalue weighted by atomic mass is 10.1. The Balaban J connectivity index is 1.52. The van der Waals surface area contributed by atoms with Crippen LogP contribution in [0.3, 0.4) is 0 Å². The summed E-state index contributed by atoms with van der Waals surface area (Å²) in [4.78, 5) is 0.746. The first-order valence-corrected chi connectivity index (χ1v) is 9.79. The third kappa shape index (κ3) is 3.71. The van der Waals surface area contributed by atoms with E-state index in [0.717, 1.165) is 21.2 Å². The summed E-state index contributed by atoms with van der Waals surface area (Å²) in [6.07, 6.45) is 0.639. The summed E-state index contributed by atoms with van der Waals surface area (Å²) in [5, 5.41) is 18.3. The number of fused-ring (bicyclic) bond motifs is 1. The molecule has 0 atom stereocenters. The van der Waals surface area contributed by atoms with Crippen LogP contribution in [-0.2, 0) is 6.42 Å². The molecule has 1 N–H and O–H groups in total. The Morgan fingerprint density at radius 2 is 2.00 bits per heavy atom. The summed E-state index contributed by atoms with van der Waals surface area (Å²) in [6.45, 7) is 0.452. The lowest BCUT2D eigenvalue weighted by Gasteiger charge is -2.07. The van der Waals surface area contributed by atoms with Gasteiger partial charge in [0.2, 0.25) is 4.96 Å². The molecule has 4 aromatic rings. The quantitative estimate of drug-likeness (QED) is 0.485. The molecule has 0 saturated carbocycles. The zero-order chi connectivity index (χ0) is 18.8. The molecule has 0 radical (unpaired) electrons. The predicted octanol–water partition coefficient (Wildman–Crippen LogP) is 4.82. The molecule has 2 heterocycles. The molecule has 0 aliphatic carbocycles. The first-order valence-electron chi connectivity index (χ1n) is 8.22. The van der Waals surface area contributed by atoms with Crippen molar-refractivity contribution in [1.82, 2.24) is 19.8 Å². The Bertz CT molecular complexity index is 1090. The van der Waals surface area contributed by atoms with E-state index in [9.17, 15) is 0 Å². The number of benzene rings is 2. The molecule has 2 aromatic heterocycles. The van der Waals surface area contributed by atoms with E-state index in [4.69, 9.17) is 27.9 Å². The van der Waals surface area contributed by atoms with Gasteiger partial charge in [-0.25, -0.2) is 0 Å². The van der Waals surface area contributed by atoms with Crippen molar-refractivity contribution in [2.24, 2.45) is 0 Å². The Morgan fingerprint density at radius 1 is 1.15 bits per heavy atom. The van der Waals surface area contributed by atoms with E-state index in [1.165, 1.54) is 11.3 Å². The Morgan fingerprint density at radius 3 is 2.81 bits per heavy atom. The van der Waals surface area contributed by atoms with E-state index < -0.39 is 0 Å². The standard InChI is InChI=1S/C18H15Cl2N5OS/c1-21-14-5-3-2-4-12(14)17-22-23-18-25(17)24-16(27-18)8-9-26-15-7-6-11(19)10-13(15)20/h2-7,10,21H,8-9H2,1H3. The van der Waals surface area contributed by atoms with Crippen molar-refractivity contribution >= 4 is 45.2 Å². The summed E-state index contributed by atoms with van der Waals surface area (Å²) in [7, 11) is 1.88. The fourth-order valence-electron chi connectivity index (χ4n) is 2.66. The number of para-hydroxylation sites is 1. The fourth-order valence-corrected chi connectivity index (χ4v) is 3.94. The van der Waals surface area contributed by atoms with Gasteiger partial charge in [-0.15, -0.1) is 10.2 Å². The second-order valence-corrected chi connectivity index (χ2v) is 7.57. The third-order valence-electron chi connectivity index (χ3n) is 3.94. The molecule has 0 unspecified atom stereocenters. The summed E-state index contributed by atoms with van der Waals surface area (Å²) in [6, 6.07) is 13.1. The highest BCUT2D eigenvalue weighted by Gasteiger charge is 2.15. The first-order chi connectivity index (χ1) is 13.2. The highest BCUT2D eigenvalue weighted by atomic mass is 35.5. The van der Waals surface area contributed by atoms with Crippen molar-refractivity contribution in [3.8, 4) is 17.1 Å². The number of anilines is 1. The Hall–Kier alpha value is -2.35. The zero-order valence-corrected chi connectivity index (χ0v) is 16.6. The second-order valence-electron chi connectivity index (χ2n) is 5.68. The minimum Gasteiger partial charge on any atom is -0.492 e. The van der Waals surface area contributed by atoms with Gasteiger partial charge in [-0.1, -0.05) is 46.7 Å². The van der Waals surface area contributed by atoms with Crippen molar-refractivity contribution in [3.05, 3.63) is 57.5 Å². The van der Waals surface area contributed by atoms with Crippen molar-refractivity contribution in [1.29, 1.82) is 0 Å². The molecule has 0 spiro atoms. The predicted molar refractivity (Wildman–Crippen MR) is 109 cm³/mol. The number of nitrogens with one attached hydrogen (secondary N) is 1. The molecule has 0 aliphatic rings. The molecule has 0 amide bonds. The average Bonchev–Trinajstić information content (AvgIpc) is 3.24. The van der Waals surface area contributed by atoms with Crippen LogP contribution in [0, 0.1) is 0 Å². The molecular formula is C18H15Cl2N5OS. The van der Waals surface area contributed by atoms with Crippen LogP contribution < -0.4 is 10.1 Å². The first kappa shape index (κ1) is 18.0. The molecule has 0 fully saturated rings. The van der Waals surface area contributed by atoms with Gasteiger partial charge < -0.3 is 10.1 Å². The number of aromatic nitrogens is 4. The van der Waals surface area contributed by atoms with Gasteiger partial charge in [0.15, 0.2) is 5.82 Å². The van der Waals surface area contributed by atoms with Gasteiger partial charge in [0.25, 0.3) is 0 Å². The summed E-state index contributed by atoms with van der Waals surface area (Å²) >= 11 is 13.5. The fraction of sp³-hybridized carbons (Fsp3) is 0.167. The van der Waals surface area contributed by atoms with Crippen LogP contribution in [0.2, 0.25) is 10.0 Å². The van der Waals surface area contributed by atoms with Crippen LogP contribution in [0.1, 0.15) is 5.01 Å². The topological polar surface area (TPSA) is 64.3 Å². The molecule has 2 aromatic carbocycles. The number of ether oxygens (including phenoxy) is 1. The highest BCUT2D eigenvalue weighted by Crippen LogP contribution is 2.29. The summed E-state index contributed by atoms with van der Waals surface area (Å²) in [5.74, 6) is 1.31. The largest absolute Gasteiger partial charge is 0.492 e. The van der Waals surface area contributed by atoms with Crippen LogP contribution >= 0.6 is 34.5 Å². The number of hydrogen-bond acceptors (Lipinski definition) is 6. The van der Waals surface area contributed by atoms with Gasteiger partial charge in [-0.05, 0) is 30.3 Å². The zero-order valence-electron chi connectivity index (χ0n) is 14.3. The highest BCUT2D eigenvalue weighted by molar-refractivity contribution is 7.16. The lowest BCUT2D eigenvalue weighted by Crippen LogP contribution is -2.02. The molecule has 138 valence electrons. The molecular weight excluding hydrogens is 405 g/mol. The van der Waals surface area contributed by atoms with Crippen LogP contribution in [0.4, 0.5) is 5.69 Å². The molecule has 4 rings (SSSR count). The Kier molecular flexibility index (Phi) is 5.15. The van der Waals surface area contributed by atoms with Gasteiger partial charge in [-0.2, -0.15) is 9.61 Å². The maximum atomic E-state index is 6.12. The molecule has 6 nitrogen and oxygen atoms in total. The number of rotatable bonds is 6. The molecule has 0 bridgehead atoms. The Labute approximate surface area is 169 Å². The SMILES string of the molecule is CNc1ccccc1-c1nnc2sc(CCOc3ccc(Cl)cc3Cl)nn12. The van der Waals surface area contributed by atoms with E-state index >= 15 is 0 Å². The maximum Gasteiger partial charge on any atom is 0.234 e. The molecule has 0 saturated heterocycles. The molecule has 27 heavy (non-hydrogen) atoms. The number of halogens is 2. The van der Waals surface area contributed by atoms with E-state index in [2.05, 4.69) is 20.6 Å². The van der Waals surface area contributed by atoms with Crippen molar-refractivity contribution in [2.75, 3.05) is 19.0 Å². The summed E-state index contributed by atoms with van der Waals surface area (Å²) < 4.78 is 7.51.